The summed E-state index contributed by atoms with van der Waals surface area (Å²) in [6.45, 7) is 0. The van der Waals surface area contributed by atoms with Gasteiger partial charge in [0, 0.05) is 18.5 Å². The number of ketones is 1. The van der Waals surface area contributed by atoms with Crippen LogP contribution in [0, 0.1) is 21.7 Å². The molecule has 36 heavy (non-hydrogen) atoms. The highest BCUT2D eigenvalue weighted by molar-refractivity contribution is 6.10. The summed E-state index contributed by atoms with van der Waals surface area (Å²) >= 11 is 0. The van der Waals surface area contributed by atoms with Crippen LogP contribution >= 0.6 is 0 Å². The molecular formula is C21H15F2N5O8. The third kappa shape index (κ3) is 3.91. The molecule has 1 amide bonds. The summed E-state index contributed by atoms with van der Waals surface area (Å²) in [6.07, 6.45) is 0.436. The van der Waals surface area contributed by atoms with Crippen LogP contribution < -0.4 is 14.4 Å². The Balaban J connectivity index is 1.81. The van der Waals surface area contributed by atoms with Crippen LogP contribution in [0.4, 0.5) is 30.9 Å². The van der Waals surface area contributed by atoms with E-state index in [1.807, 2.05) is 0 Å². The summed E-state index contributed by atoms with van der Waals surface area (Å²) < 4.78 is 45.6. The van der Waals surface area contributed by atoms with E-state index < -0.39 is 62.8 Å². The number of hydrogen-bond donors (Lipinski definition) is 1. The predicted octanol–water partition coefficient (Wildman–Crippen LogP) is 3.81. The number of nitrogens with zero attached hydrogens (tertiary/aromatic N) is 5. The van der Waals surface area contributed by atoms with Crippen LogP contribution in [0.25, 0.3) is 11.0 Å². The SMILES string of the molecule is COc1cc(OC)c(F)c(C(=O)c2cc3cc(N(C(=O)O)c4nn(C)cc4[N+](=O)[O-])ncc3o2)c1F. The standard InChI is InChI=1S/C21H15F2N5O8/c1-26-8-10(28(32)33)20(25-26)27(21(30)31)15-5-9-4-13(36-14(9)7-24-15)19(29)16-17(22)11(34-2)6-12(35-3)18(16)23/h4-8H,1-3H3,(H,30,31). The third-order valence-electron chi connectivity index (χ3n) is 5.03. The largest absolute Gasteiger partial charge is 0.494 e. The zero-order valence-electron chi connectivity index (χ0n) is 18.7. The van der Waals surface area contributed by atoms with E-state index in [1.165, 1.54) is 7.05 Å². The first-order valence-corrected chi connectivity index (χ1v) is 9.82. The number of amides is 1. The van der Waals surface area contributed by atoms with E-state index in [0.717, 1.165) is 49.5 Å². The molecule has 3 aromatic heterocycles. The molecule has 0 aliphatic carbocycles. The molecule has 0 aliphatic rings. The van der Waals surface area contributed by atoms with Crippen LogP contribution in [0.2, 0.25) is 0 Å². The highest BCUT2D eigenvalue weighted by Gasteiger charge is 2.32. The van der Waals surface area contributed by atoms with E-state index in [-0.39, 0.29) is 16.8 Å². The van der Waals surface area contributed by atoms with Crippen LogP contribution in [0.3, 0.4) is 0 Å². The molecular weight excluding hydrogens is 488 g/mol. The number of carboxylic acid groups (broad SMARTS) is 1. The lowest BCUT2D eigenvalue weighted by Crippen LogP contribution is -2.25. The lowest BCUT2D eigenvalue weighted by atomic mass is 10.1. The summed E-state index contributed by atoms with van der Waals surface area (Å²) in [5.41, 5.74) is -1.61. The summed E-state index contributed by atoms with van der Waals surface area (Å²) in [5.74, 6) is -5.94. The minimum absolute atomic E-state index is 0.0290. The Morgan fingerprint density at radius 2 is 1.81 bits per heavy atom. The van der Waals surface area contributed by atoms with Gasteiger partial charge in [0.2, 0.25) is 11.6 Å². The lowest BCUT2D eigenvalue weighted by molar-refractivity contribution is -0.384. The molecule has 0 fully saturated rings. The summed E-state index contributed by atoms with van der Waals surface area (Å²) in [7, 11) is 3.62. The maximum Gasteiger partial charge on any atom is 0.419 e. The number of aromatic nitrogens is 3. The van der Waals surface area contributed by atoms with E-state index in [0.29, 0.717) is 4.90 Å². The number of anilines is 2. The number of carbonyl (C=O) groups excluding carboxylic acids is 1. The third-order valence-corrected chi connectivity index (χ3v) is 5.03. The molecule has 3 heterocycles. The van der Waals surface area contributed by atoms with Crippen LogP contribution in [-0.4, -0.2) is 50.9 Å². The van der Waals surface area contributed by atoms with Crippen molar-refractivity contribution in [1.82, 2.24) is 14.8 Å². The number of rotatable bonds is 7. The van der Waals surface area contributed by atoms with Gasteiger partial charge in [-0.2, -0.15) is 0 Å². The Kier molecular flexibility index (Phi) is 5.97. The number of benzene rings is 1. The fraction of sp³-hybridized carbons (Fsp3) is 0.143. The molecule has 186 valence electrons. The minimum Gasteiger partial charge on any atom is -0.494 e. The lowest BCUT2D eigenvalue weighted by Gasteiger charge is -2.14. The Labute approximate surface area is 199 Å². The molecule has 13 nitrogen and oxygen atoms in total. The number of furan rings is 1. The molecule has 1 aromatic carbocycles. The molecule has 0 aliphatic heterocycles. The van der Waals surface area contributed by atoms with E-state index in [1.54, 1.807) is 0 Å². The van der Waals surface area contributed by atoms with Crippen molar-refractivity contribution >= 4 is 40.2 Å². The Morgan fingerprint density at radius 1 is 1.17 bits per heavy atom. The molecule has 0 atom stereocenters. The first-order valence-electron chi connectivity index (χ1n) is 9.82. The Hall–Kier alpha value is -5.08. The van der Waals surface area contributed by atoms with Gasteiger partial charge in [0.1, 0.15) is 17.6 Å². The smallest absolute Gasteiger partial charge is 0.419 e. The summed E-state index contributed by atoms with van der Waals surface area (Å²) in [6, 6.07) is 3.20. The van der Waals surface area contributed by atoms with Crippen molar-refractivity contribution in [3.8, 4) is 11.5 Å². The van der Waals surface area contributed by atoms with Crippen molar-refractivity contribution < 1.29 is 42.3 Å². The summed E-state index contributed by atoms with van der Waals surface area (Å²) in [4.78, 5) is 39.8. The van der Waals surface area contributed by atoms with Gasteiger partial charge in [0.25, 0.3) is 0 Å². The van der Waals surface area contributed by atoms with Crippen LogP contribution in [0.5, 0.6) is 11.5 Å². The van der Waals surface area contributed by atoms with Gasteiger partial charge in [-0.3, -0.25) is 19.6 Å². The number of ether oxygens (including phenoxy) is 2. The number of nitro groups is 1. The van der Waals surface area contributed by atoms with Crippen molar-refractivity contribution in [1.29, 1.82) is 0 Å². The monoisotopic (exact) mass is 503 g/mol. The van der Waals surface area contributed by atoms with E-state index >= 15 is 0 Å². The molecule has 0 bridgehead atoms. The van der Waals surface area contributed by atoms with E-state index in [9.17, 15) is 33.6 Å². The Bertz CT molecular complexity index is 1520. The first kappa shape index (κ1) is 24.1. The predicted molar refractivity (Wildman–Crippen MR) is 117 cm³/mol. The maximum atomic E-state index is 14.8. The zero-order chi connectivity index (χ0) is 26.3. The molecule has 15 heteroatoms. The van der Waals surface area contributed by atoms with E-state index in [4.69, 9.17) is 13.9 Å². The van der Waals surface area contributed by atoms with E-state index in [2.05, 4.69) is 10.1 Å². The van der Waals surface area contributed by atoms with Crippen molar-refractivity contribution in [2.24, 2.45) is 7.05 Å². The number of halogens is 2. The van der Waals surface area contributed by atoms with Crippen molar-refractivity contribution in [2.45, 2.75) is 0 Å². The molecule has 0 saturated heterocycles. The molecule has 1 N–H and O–H groups in total. The highest BCUT2D eigenvalue weighted by Crippen LogP contribution is 2.35. The van der Waals surface area contributed by atoms with Crippen LogP contribution in [0.1, 0.15) is 16.1 Å². The first-order chi connectivity index (χ1) is 17.1. The minimum atomic E-state index is -1.63. The maximum absolute atomic E-state index is 14.8. The highest BCUT2D eigenvalue weighted by atomic mass is 19.1. The number of pyridine rings is 1. The second-order valence-electron chi connectivity index (χ2n) is 7.19. The molecule has 0 unspecified atom stereocenters. The van der Waals surface area contributed by atoms with Crippen molar-refractivity contribution in [3.05, 3.63) is 63.7 Å². The normalized spacial score (nSPS) is 10.9. The van der Waals surface area contributed by atoms with Crippen LogP contribution in [0.15, 0.2) is 35.0 Å². The fourth-order valence-corrected chi connectivity index (χ4v) is 3.43. The zero-order valence-corrected chi connectivity index (χ0v) is 18.7. The number of hydrogen-bond acceptors (Lipinski definition) is 9. The Morgan fingerprint density at radius 3 is 2.36 bits per heavy atom. The number of methoxy groups -OCH3 is 2. The average Bonchev–Trinajstić information content (AvgIpc) is 3.42. The van der Waals surface area contributed by atoms with Crippen molar-refractivity contribution in [3.63, 3.8) is 0 Å². The second-order valence-corrected chi connectivity index (χ2v) is 7.19. The van der Waals surface area contributed by atoms with Gasteiger partial charge in [-0.15, -0.1) is 5.10 Å². The van der Waals surface area contributed by atoms with Gasteiger partial charge in [0.05, 0.1) is 25.3 Å². The van der Waals surface area contributed by atoms with Gasteiger partial charge >= 0.3 is 11.8 Å². The number of aryl methyl sites for hydroxylation is 1. The number of fused-ring (bicyclic) bond motifs is 1. The quantitative estimate of drug-likeness (QED) is 0.223. The van der Waals surface area contributed by atoms with Gasteiger partial charge in [0.15, 0.2) is 34.5 Å². The van der Waals surface area contributed by atoms with Crippen molar-refractivity contribution in [2.75, 3.05) is 19.1 Å². The number of carbonyl (C=O) groups is 2. The molecule has 4 rings (SSSR count). The molecule has 4 aromatic rings. The molecule has 0 radical (unpaired) electrons. The molecule has 0 saturated carbocycles. The van der Waals surface area contributed by atoms with Gasteiger partial charge in [-0.25, -0.2) is 23.5 Å². The van der Waals surface area contributed by atoms with Crippen LogP contribution in [-0.2, 0) is 7.05 Å². The van der Waals surface area contributed by atoms with Gasteiger partial charge in [-0.05, 0) is 12.1 Å². The average molecular weight is 503 g/mol. The van der Waals surface area contributed by atoms with Gasteiger partial charge < -0.3 is 19.0 Å². The van der Waals surface area contributed by atoms with Gasteiger partial charge in [-0.1, -0.05) is 0 Å². The molecule has 0 spiro atoms. The fourth-order valence-electron chi connectivity index (χ4n) is 3.43. The topological polar surface area (TPSA) is 163 Å². The summed E-state index contributed by atoms with van der Waals surface area (Å²) in [5, 5.41) is 25.0. The second kappa shape index (κ2) is 8.94.